The largest absolute Gasteiger partial charge is 0.465 e. The first kappa shape index (κ1) is 45.6. The van der Waals surface area contributed by atoms with Gasteiger partial charge in [-0.25, -0.2) is 33.5 Å². The molecule has 4 aromatic carbocycles. The first-order chi connectivity index (χ1) is 33.0. The van der Waals surface area contributed by atoms with E-state index in [9.17, 15) is 18.4 Å². The van der Waals surface area contributed by atoms with Crippen molar-refractivity contribution in [1.29, 1.82) is 0 Å². The zero-order valence-corrected chi connectivity index (χ0v) is 36.5. The second-order valence-corrected chi connectivity index (χ2v) is 15.3. The number of carbonyl (C=O) groups is 2. The summed E-state index contributed by atoms with van der Waals surface area (Å²) in [4.78, 5) is 58.2. The summed E-state index contributed by atoms with van der Waals surface area (Å²) < 4.78 is 31.4. The topological polar surface area (TPSA) is 237 Å². The molecule has 0 aliphatic carbocycles. The van der Waals surface area contributed by atoms with Crippen LogP contribution >= 0.6 is 0 Å². The molecule has 0 aliphatic heterocycles. The number of benzene rings is 4. The third kappa shape index (κ3) is 11.3. The Morgan fingerprint density at radius 3 is 1.59 bits per heavy atom. The zero-order valence-electron chi connectivity index (χ0n) is 36.5. The maximum Gasteiger partial charge on any atom is 0.337 e. The van der Waals surface area contributed by atoms with Gasteiger partial charge in [-0.1, -0.05) is 24.3 Å². The Balaban J connectivity index is 0.000000153. The number of nitrogen functional groups attached to an aromatic ring is 2. The molecule has 0 radical (unpaired) electrons. The third-order valence-corrected chi connectivity index (χ3v) is 10.6. The Labute approximate surface area is 387 Å². The van der Waals surface area contributed by atoms with Crippen LogP contribution in [0.25, 0.3) is 43.6 Å². The van der Waals surface area contributed by atoms with Crippen LogP contribution in [0.2, 0.25) is 0 Å². The number of anilines is 2. The van der Waals surface area contributed by atoms with Crippen molar-refractivity contribution >= 4 is 67.1 Å². The van der Waals surface area contributed by atoms with E-state index in [1.165, 1.54) is 37.6 Å². The predicted molar refractivity (Wildman–Crippen MR) is 256 cm³/mol. The van der Waals surface area contributed by atoms with Crippen molar-refractivity contribution in [2.24, 2.45) is 5.73 Å². The number of rotatable bonds is 9. The van der Waals surface area contributed by atoms with Crippen molar-refractivity contribution in [2.45, 2.75) is 25.9 Å². The highest BCUT2D eigenvalue weighted by molar-refractivity contribution is 5.95. The minimum Gasteiger partial charge on any atom is -0.465 e. The summed E-state index contributed by atoms with van der Waals surface area (Å²) in [6.07, 6.45) is 10.5. The van der Waals surface area contributed by atoms with Crippen LogP contribution < -0.4 is 22.5 Å². The molecule has 0 spiro atoms. The molecule has 6 aromatic heterocycles. The number of nitrogens with zero attached hydrogens (tertiary/aromatic N) is 8. The molecule has 17 heteroatoms. The second kappa shape index (κ2) is 20.9. The Morgan fingerprint density at radius 1 is 0.544 bits per heavy atom. The number of nitrogens with one attached hydrogen (secondary N) is 1. The highest BCUT2D eigenvalue weighted by Crippen LogP contribution is 2.22. The van der Waals surface area contributed by atoms with Crippen molar-refractivity contribution in [3.8, 4) is 0 Å². The molecule has 0 unspecified atom stereocenters. The van der Waals surface area contributed by atoms with Crippen LogP contribution in [0.5, 0.6) is 0 Å². The molecule has 0 bridgehead atoms. The van der Waals surface area contributed by atoms with Crippen molar-refractivity contribution < 1.29 is 23.1 Å². The SMILES string of the molecule is COC(=O)c1ccnc(Cc2cnc3ccc(F)cc3n2)c1.NCc1ccc2c(N)nccc2c1.Nc1nccc2cc(CNC(=O)c3ccnc(Cc4cnc5ccc(F)cc5n4)c3)ccc12. The summed E-state index contributed by atoms with van der Waals surface area (Å²) in [6.45, 7) is 0.925. The summed E-state index contributed by atoms with van der Waals surface area (Å²) in [6, 6.07) is 30.7. The van der Waals surface area contributed by atoms with Gasteiger partial charge in [-0.3, -0.25) is 24.7 Å². The number of fused-ring (bicyclic) bond motifs is 4. The fraction of sp³-hybridized carbons (Fsp3) is 0.0980. The van der Waals surface area contributed by atoms with Crippen LogP contribution in [0, 0.1) is 11.6 Å². The van der Waals surface area contributed by atoms with E-state index in [4.69, 9.17) is 17.2 Å². The van der Waals surface area contributed by atoms with Gasteiger partial charge in [0, 0.05) is 103 Å². The van der Waals surface area contributed by atoms with E-state index in [1.54, 1.807) is 67.4 Å². The van der Waals surface area contributed by atoms with Crippen molar-refractivity contribution in [3.05, 3.63) is 203 Å². The molecule has 68 heavy (non-hydrogen) atoms. The molecule has 0 saturated heterocycles. The molecule has 338 valence electrons. The molecular weight excluding hydrogens is 867 g/mol. The number of amides is 1. The number of carbonyl (C=O) groups excluding carboxylic acids is 2. The number of pyridine rings is 4. The summed E-state index contributed by atoms with van der Waals surface area (Å²) in [5.41, 5.74) is 24.9. The maximum absolute atomic E-state index is 13.5. The summed E-state index contributed by atoms with van der Waals surface area (Å²) in [5, 5.41) is 6.86. The molecule has 0 saturated carbocycles. The van der Waals surface area contributed by atoms with Gasteiger partial charge in [0.2, 0.25) is 0 Å². The summed E-state index contributed by atoms with van der Waals surface area (Å²) in [5.74, 6) is -0.299. The van der Waals surface area contributed by atoms with Crippen LogP contribution in [0.15, 0.2) is 146 Å². The number of nitrogens with two attached hydrogens (primary N) is 3. The number of methoxy groups -OCH3 is 1. The van der Waals surface area contributed by atoms with Crippen molar-refractivity contribution in [2.75, 3.05) is 18.6 Å². The van der Waals surface area contributed by atoms with E-state index in [2.05, 4.69) is 49.9 Å². The Kier molecular flexibility index (Phi) is 14.0. The normalized spacial score (nSPS) is 10.8. The van der Waals surface area contributed by atoms with E-state index >= 15 is 0 Å². The van der Waals surface area contributed by atoms with Gasteiger partial charge in [-0.15, -0.1) is 0 Å². The van der Waals surface area contributed by atoms with Gasteiger partial charge < -0.3 is 27.3 Å². The van der Waals surface area contributed by atoms with E-state index < -0.39 is 5.97 Å². The standard InChI is InChI=1S/C25H19FN6O.C16H12FN3O2.C10H11N3/c26-18-2-4-22-23(11-18)32-20(14-30-22)12-19-10-17(6-7-28-19)25(33)31-13-15-1-3-21-16(9-15)5-8-29-24(21)27;1-22-16(21)10-4-5-18-12(6-10)8-13-9-19-14-3-2-11(17)7-15(14)20-13;11-6-7-1-2-9-8(5-7)3-4-13-10(9)12/h1-11,14H,12-13H2,(H2,27,29)(H,31,33);2-7,9H,8H2,1H3;1-5H,6,11H2,(H2,12,13). The van der Waals surface area contributed by atoms with Gasteiger partial charge in [0.05, 0.1) is 46.1 Å². The average Bonchev–Trinajstić information content (AvgIpc) is 3.35. The first-order valence-electron chi connectivity index (χ1n) is 21.1. The number of ether oxygens (including phenoxy) is 1. The molecule has 6 heterocycles. The Bertz CT molecular complexity index is 3470. The van der Waals surface area contributed by atoms with Crippen LogP contribution in [0.1, 0.15) is 54.6 Å². The quantitative estimate of drug-likeness (QED) is 0.102. The van der Waals surface area contributed by atoms with E-state index in [1.807, 2.05) is 48.5 Å². The fourth-order valence-corrected chi connectivity index (χ4v) is 7.15. The van der Waals surface area contributed by atoms with Crippen LogP contribution in [-0.4, -0.2) is 58.9 Å². The molecule has 0 aliphatic rings. The van der Waals surface area contributed by atoms with E-state index in [0.717, 1.165) is 32.7 Å². The molecule has 0 fully saturated rings. The van der Waals surface area contributed by atoms with Crippen molar-refractivity contribution in [3.63, 3.8) is 0 Å². The summed E-state index contributed by atoms with van der Waals surface area (Å²) in [7, 11) is 1.33. The van der Waals surface area contributed by atoms with Gasteiger partial charge >= 0.3 is 5.97 Å². The molecule has 10 aromatic rings. The number of esters is 1. The second-order valence-electron chi connectivity index (χ2n) is 15.3. The third-order valence-electron chi connectivity index (χ3n) is 10.6. The smallest absolute Gasteiger partial charge is 0.337 e. The highest BCUT2D eigenvalue weighted by atomic mass is 19.1. The van der Waals surface area contributed by atoms with Crippen LogP contribution in [-0.2, 0) is 30.7 Å². The van der Waals surface area contributed by atoms with Gasteiger partial charge in [-0.2, -0.15) is 0 Å². The molecule has 0 atom stereocenters. The van der Waals surface area contributed by atoms with Gasteiger partial charge in [0.1, 0.15) is 23.3 Å². The number of hydrogen-bond acceptors (Lipinski definition) is 14. The van der Waals surface area contributed by atoms with Crippen LogP contribution in [0.4, 0.5) is 20.4 Å². The summed E-state index contributed by atoms with van der Waals surface area (Å²) >= 11 is 0. The predicted octanol–water partition coefficient (Wildman–Crippen LogP) is 7.63. The van der Waals surface area contributed by atoms with Crippen LogP contribution in [0.3, 0.4) is 0 Å². The lowest BCUT2D eigenvalue weighted by Gasteiger charge is -2.08. The van der Waals surface area contributed by atoms with Crippen molar-refractivity contribution in [1.82, 2.24) is 45.2 Å². The number of halogens is 2. The minimum atomic E-state index is -0.421. The lowest BCUT2D eigenvalue weighted by Crippen LogP contribution is -2.23. The lowest BCUT2D eigenvalue weighted by atomic mass is 10.1. The lowest BCUT2D eigenvalue weighted by molar-refractivity contribution is 0.0600. The molecule has 10 rings (SSSR count). The highest BCUT2D eigenvalue weighted by Gasteiger charge is 2.12. The number of aromatic nitrogens is 8. The first-order valence-corrected chi connectivity index (χ1v) is 21.1. The fourth-order valence-electron chi connectivity index (χ4n) is 7.15. The van der Waals surface area contributed by atoms with Gasteiger partial charge in [0.15, 0.2) is 0 Å². The minimum absolute atomic E-state index is 0.209. The van der Waals surface area contributed by atoms with E-state index in [0.29, 0.717) is 93.5 Å². The number of hydrogen-bond donors (Lipinski definition) is 4. The Hall–Kier alpha value is -8.96. The van der Waals surface area contributed by atoms with Gasteiger partial charge in [-0.05, 0) is 94.7 Å². The van der Waals surface area contributed by atoms with Gasteiger partial charge in [0.25, 0.3) is 5.91 Å². The molecule has 7 N–H and O–H groups in total. The molecule has 15 nitrogen and oxygen atoms in total. The monoisotopic (exact) mass is 908 g/mol. The average molecular weight is 909 g/mol. The van der Waals surface area contributed by atoms with E-state index in [-0.39, 0.29) is 17.5 Å². The maximum atomic E-state index is 13.5. The molecular formula is C51H42F2N12O3. The Morgan fingerprint density at radius 2 is 1.04 bits per heavy atom. The zero-order chi connectivity index (χ0) is 47.6. The molecule has 1 amide bonds.